The van der Waals surface area contributed by atoms with Crippen LogP contribution in [0.3, 0.4) is 0 Å². The van der Waals surface area contributed by atoms with E-state index in [4.69, 9.17) is 18.1 Å². The van der Waals surface area contributed by atoms with Gasteiger partial charge in [-0.3, -0.25) is 0 Å². The third-order valence-corrected chi connectivity index (χ3v) is 1.73. The van der Waals surface area contributed by atoms with Crippen LogP contribution in [-0.4, -0.2) is 19.7 Å². The number of hydrogen-bond acceptors (Lipinski definition) is 5. The lowest BCUT2D eigenvalue weighted by Gasteiger charge is -1.96. The van der Waals surface area contributed by atoms with Crippen molar-refractivity contribution in [1.29, 1.82) is 0 Å². The highest BCUT2D eigenvalue weighted by atomic mass is 32.1. The summed E-state index contributed by atoms with van der Waals surface area (Å²) in [4.78, 5) is 15.1. The van der Waals surface area contributed by atoms with Crippen molar-refractivity contribution in [3.05, 3.63) is 17.3 Å². The summed E-state index contributed by atoms with van der Waals surface area (Å²) >= 11 is 4.91. The highest BCUT2D eigenvalue weighted by Crippen LogP contribution is 2.06. The normalized spacial score (nSPS) is 10.4. The lowest BCUT2D eigenvalue weighted by Crippen LogP contribution is -2.17. The van der Waals surface area contributed by atoms with E-state index in [-0.39, 0.29) is 0 Å². The number of nitrogens with two attached hydrogens (primary N) is 1. The van der Waals surface area contributed by atoms with Crippen LogP contribution in [0.25, 0.3) is 11.2 Å². The van der Waals surface area contributed by atoms with Crippen LogP contribution >= 0.6 is 12.2 Å². The average Bonchev–Trinajstić information content (AvgIpc) is 2.49. The summed E-state index contributed by atoms with van der Waals surface area (Å²) in [6.07, 6.45) is 2.88. The van der Waals surface area contributed by atoms with Gasteiger partial charge >= 0.3 is 0 Å². The molecule has 7 heteroatoms. The van der Waals surface area contributed by atoms with Gasteiger partial charge in [0.05, 0.1) is 6.33 Å². The van der Waals surface area contributed by atoms with Gasteiger partial charge in [-0.1, -0.05) is 12.2 Å². The van der Waals surface area contributed by atoms with Crippen LogP contribution in [0.15, 0.2) is 12.7 Å². The van der Waals surface area contributed by atoms with Gasteiger partial charge in [0.1, 0.15) is 11.8 Å². The third-order valence-electron chi connectivity index (χ3n) is 1.44. The van der Waals surface area contributed by atoms with Crippen LogP contribution in [0.1, 0.15) is 0 Å². The Bertz CT molecular complexity index is 460. The van der Waals surface area contributed by atoms with Crippen LogP contribution in [0, 0.1) is 4.64 Å². The Morgan fingerprint density at radius 3 is 3.17 bits per heavy atom. The number of H-pyrrole nitrogens is 1. The fourth-order valence-corrected chi connectivity index (χ4v) is 1.12. The molecule has 0 unspecified atom stereocenters. The first-order chi connectivity index (χ1) is 5.83. The van der Waals surface area contributed by atoms with Crippen LogP contribution in [-0.2, 0) is 0 Å². The van der Waals surface area contributed by atoms with Crippen molar-refractivity contribution in [3.63, 3.8) is 0 Å². The molecule has 0 saturated carbocycles. The van der Waals surface area contributed by atoms with Gasteiger partial charge in [-0.05, 0) is 0 Å². The molecular formula is C5H5N5OS. The molecule has 3 N–H and O–H groups in total. The van der Waals surface area contributed by atoms with Gasteiger partial charge in [0.15, 0.2) is 10.3 Å². The zero-order valence-electron chi connectivity index (χ0n) is 5.89. The summed E-state index contributed by atoms with van der Waals surface area (Å²) in [6, 6.07) is 0. The summed E-state index contributed by atoms with van der Waals surface area (Å²) in [7, 11) is 0. The van der Waals surface area contributed by atoms with Crippen LogP contribution in [0.5, 0.6) is 0 Å². The predicted octanol–water partition coefficient (Wildman–Crippen LogP) is -0.209. The largest absolute Gasteiger partial charge is 0.328 e. The van der Waals surface area contributed by atoms with E-state index in [1.54, 1.807) is 0 Å². The molecule has 0 radical (unpaired) electrons. The molecule has 0 spiro atoms. The highest BCUT2D eigenvalue weighted by molar-refractivity contribution is 7.71. The number of aromatic nitrogens is 4. The van der Waals surface area contributed by atoms with E-state index in [0.717, 1.165) is 0 Å². The standard InChI is InChI=1S/C5H5N5OS/c6-11-10-2-9-3-4(10)7-1-8-5(3)12/h1-2H,6H2,(H,7,8,12). The molecule has 0 aliphatic carbocycles. The van der Waals surface area contributed by atoms with Crippen LogP contribution in [0.4, 0.5) is 0 Å². The van der Waals surface area contributed by atoms with Gasteiger partial charge < -0.3 is 9.92 Å². The highest BCUT2D eigenvalue weighted by Gasteiger charge is 2.03. The molecule has 62 valence electrons. The minimum atomic E-state index is 0.416. The van der Waals surface area contributed by atoms with E-state index >= 15 is 0 Å². The lowest BCUT2D eigenvalue weighted by atomic mass is 10.6. The van der Waals surface area contributed by atoms with E-state index in [9.17, 15) is 0 Å². The van der Waals surface area contributed by atoms with E-state index in [1.807, 2.05) is 0 Å². The minimum absolute atomic E-state index is 0.416. The SMILES string of the molecule is NOn1cnc2c(=S)nc[nH]c21. The molecule has 6 nitrogen and oxygen atoms in total. The first kappa shape index (κ1) is 7.19. The van der Waals surface area contributed by atoms with E-state index in [2.05, 4.69) is 19.9 Å². The van der Waals surface area contributed by atoms with Crippen molar-refractivity contribution in [2.45, 2.75) is 0 Å². The summed E-state index contributed by atoms with van der Waals surface area (Å²) in [5.41, 5.74) is 1.16. The summed E-state index contributed by atoms with van der Waals surface area (Å²) in [5, 5.41) is 0. The first-order valence-electron chi connectivity index (χ1n) is 3.11. The van der Waals surface area contributed by atoms with Gasteiger partial charge in [-0.25, -0.2) is 9.97 Å². The van der Waals surface area contributed by atoms with Crippen molar-refractivity contribution in [1.82, 2.24) is 19.7 Å². The van der Waals surface area contributed by atoms with E-state index in [1.165, 1.54) is 17.4 Å². The second-order valence-electron chi connectivity index (χ2n) is 2.08. The van der Waals surface area contributed by atoms with Crippen molar-refractivity contribution in [3.8, 4) is 0 Å². The smallest absolute Gasteiger partial charge is 0.180 e. The Morgan fingerprint density at radius 1 is 1.58 bits per heavy atom. The van der Waals surface area contributed by atoms with Gasteiger partial charge in [-0.2, -0.15) is 0 Å². The topological polar surface area (TPSA) is 81.8 Å². The Morgan fingerprint density at radius 2 is 2.42 bits per heavy atom. The number of fused-ring (bicyclic) bond motifs is 1. The molecule has 0 bridgehead atoms. The van der Waals surface area contributed by atoms with Gasteiger partial charge in [0.2, 0.25) is 0 Å². The Kier molecular flexibility index (Phi) is 1.52. The molecule has 0 saturated heterocycles. The summed E-state index contributed by atoms with van der Waals surface area (Å²) in [5.74, 6) is 4.96. The van der Waals surface area contributed by atoms with Gasteiger partial charge in [0, 0.05) is 0 Å². The molecule has 0 fully saturated rings. The molecule has 0 amide bonds. The van der Waals surface area contributed by atoms with Gasteiger partial charge in [-0.15, -0.1) is 10.6 Å². The molecule has 0 aromatic carbocycles. The molecular weight excluding hydrogens is 178 g/mol. The summed E-state index contributed by atoms with van der Waals surface area (Å²) < 4.78 is 1.69. The van der Waals surface area contributed by atoms with Crippen molar-refractivity contribution < 1.29 is 4.94 Å². The Labute approximate surface area is 71.9 Å². The van der Waals surface area contributed by atoms with Crippen molar-refractivity contribution >= 4 is 23.4 Å². The Hall–Kier alpha value is -1.47. The van der Waals surface area contributed by atoms with Crippen molar-refractivity contribution in [2.24, 2.45) is 5.90 Å². The third kappa shape index (κ3) is 0.874. The number of rotatable bonds is 1. The maximum atomic E-state index is 4.96. The number of hydrogen-bond donors (Lipinski definition) is 2. The second kappa shape index (κ2) is 2.54. The fraction of sp³-hybridized carbons (Fsp3) is 0. The molecule has 12 heavy (non-hydrogen) atoms. The van der Waals surface area contributed by atoms with E-state index < -0.39 is 0 Å². The molecule has 2 rings (SSSR count). The number of nitrogens with one attached hydrogen (secondary N) is 1. The molecule has 2 aromatic heterocycles. The fourth-order valence-electron chi connectivity index (χ4n) is 0.915. The molecule has 0 atom stereocenters. The summed E-state index contributed by atoms with van der Waals surface area (Å²) in [6.45, 7) is 0. The molecule has 0 aliphatic rings. The van der Waals surface area contributed by atoms with Crippen LogP contribution in [0.2, 0.25) is 0 Å². The minimum Gasteiger partial charge on any atom is -0.328 e. The first-order valence-corrected chi connectivity index (χ1v) is 3.51. The zero-order chi connectivity index (χ0) is 8.55. The second-order valence-corrected chi connectivity index (χ2v) is 2.47. The average molecular weight is 183 g/mol. The molecule has 2 heterocycles. The number of imidazole rings is 1. The zero-order valence-corrected chi connectivity index (χ0v) is 6.71. The molecule has 0 aliphatic heterocycles. The van der Waals surface area contributed by atoms with Gasteiger partial charge in [0.25, 0.3) is 0 Å². The quantitative estimate of drug-likeness (QED) is 0.472. The molecule has 2 aromatic rings. The van der Waals surface area contributed by atoms with Crippen molar-refractivity contribution in [2.75, 3.05) is 0 Å². The maximum absolute atomic E-state index is 4.96. The maximum Gasteiger partial charge on any atom is 0.180 e. The predicted molar refractivity (Wildman–Crippen MR) is 43.5 cm³/mol. The lowest BCUT2D eigenvalue weighted by molar-refractivity contribution is 0.120. The van der Waals surface area contributed by atoms with Crippen LogP contribution < -0.4 is 10.8 Å². The Balaban J connectivity index is 2.89. The van der Waals surface area contributed by atoms with E-state index in [0.29, 0.717) is 15.8 Å². The number of aromatic amines is 1. The number of nitrogens with zero attached hydrogens (tertiary/aromatic N) is 3. The monoisotopic (exact) mass is 183 g/mol.